The fraction of sp³-hybridized carbons (Fsp3) is 0.355. The van der Waals surface area contributed by atoms with E-state index in [2.05, 4.69) is 5.32 Å². The van der Waals surface area contributed by atoms with E-state index in [0.29, 0.717) is 0 Å². The van der Waals surface area contributed by atoms with E-state index in [4.69, 9.17) is 23.2 Å². The Morgan fingerprint density at radius 3 is 2.24 bits per heavy atom. The molecular weight excluding hydrogens is 581 g/mol. The average molecular weight is 617 g/mol. The number of amides is 2. The number of hydrogen-bond donors (Lipinski definition) is 1. The quantitative estimate of drug-likeness (QED) is 0.287. The normalized spacial score (nSPS) is 14.7. The van der Waals surface area contributed by atoms with E-state index in [9.17, 15) is 18.0 Å². The zero-order chi connectivity index (χ0) is 29.6. The van der Waals surface area contributed by atoms with Crippen molar-refractivity contribution in [1.82, 2.24) is 10.2 Å². The second-order valence-electron chi connectivity index (χ2n) is 10.4. The first kappa shape index (κ1) is 30.9. The molecule has 0 aliphatic heterocycles. The first-order valence-electron chi connectivity index (χ1n) is 13.7. The lowest BCUT2D eigenvalue weighted by molar-refractivity contribution is -0.139. The van der Waals surface area contributed by atoms with Crippen LogP contribution in [0.1, 0.15) is 50.2 Å². The molecule has 1 atom stereocenters. The van der Waals surface area contributed by atoms with Gasteiger partial charge in [-0.15, -0.1) is 0 Å². The van der Waals surface area contributed by atoms with E-state index in [1.807, 2.05) is 31.2 Å². The zero-order valence-corrected chi connectivity index (χ0v) is 25.6. The van der Waals surface area contributed by atoms with Gasteiger partial charge in [-0.05, 0) is 68.1 Å². The number of halogens is 2. The predicted octanol–water partition coefficient (Wildman–Crippen LogP) is 6.36. The van der Waals surface area contributed by atoms with Crippen molar-refractivity contribution in [1.29, 1.82) is 0 Å². The Hall–Kier alpha value is -3.07. The molecule has 218 valence electrons. The number of hydrogen-bond acceptors (Lipinski definition) is 4. The van der Waals surface area contributed by atoms with E-state index in [1.54, 1.807) is 25.1 Å². The SMILES string of the molecule is Cc1ccccc1CN(C(=O)CN(c1ccc(Cl)c(Cl)c1)S(=O)(=O)c1ccccc1)[C@H](C)C(=O)NC1CCCCC1. The molecule has 0 spiro atoms. The number of anilines is 1. The molecule has 1 saturated carbocycles. The van der Waals surface area contributed by atoms with Crippen LogP contribution in [0.4, 0.5) is 5.69 Å². The van der Waals surface area contributed by atoms with E-state index in [0.717, 1.165) is 47.5 Å². The molecule has 3 aromatic carbocycles. The molecular formula is C31H35Cl2N3O4S. The second-order valence-corrected chi connectivity index (χ2v) is 13.1. The first-order valence-corrected chi connectivity index (χ1v) is 15.9. The molecule has 3 aromatic rings. The van der Waals surface area contributed by atoms with Gasteiger partial charge in [-0.3, -0.25) is 13.9 Å². The van der Waals surface area contributed by atoms with Crippen molar-refractivity contribution in [3.05, 3.63) is 94.0 Å². The zero-order valence-electron chi connectivity index (χ0n) is 23.2. The smallest absolute Gasteiger partial charge is 0.264 e. The fourth-order valence-electron chi connectivity index (χ4n) is 5.01. The van der Waals surface area contributed by atoms with Crippen molar-refractivity contribution in [3.8, 4) is 0 Å². The van der Waals surface area contributed by atoms with Crippen LogP contribution in [-0.2, 0) is 26.2 Å². The van der Waals surface area contributed by atoms with Crippen LogP contribution in [0.15, 0.2) is 77.7 Å². The fourth-order valence-corrected chi connectivity index (χ4v) is 6.73. The van der Waals surface area contributed by atoms with Crippen molar-refractivity contribution >= 4 is 50.7 Å². The minimum Gasteiger partial charge on any atom is -0.352 e. The van der Waals surface area contributed by atoms with Gasteiger partial charge in [-0.2, -0.15) is 0 Å². The van der Waals surface area contributed by atoms with E-state index in [-0.39, 0.29) is 39.1 Å². The van der Waals surface area contributed by atoms with Gasteiger partial charge in [0.25, 0.3) is 10.0 Å². The Morgan fingerprint density at radius 1 is 0.927 bits per heavy atom. The molecule has 1 fully saturated rings. The summed E-state index contributed by atoms with van der Waals surface area (Å²) in [4.78, 5) is 29.0. The summed E-state index contributed by atoms with van der Waals surface area (Å²) in [6, 6.07) is 19.1. The van der Waals surface area contributed by atoms with Crippen molar-refractivity contribution in [2.75, 3.05) is 10.8 Å². The van der Waals surface area contributed by atoms with Crippen LogP contribution in [-0.4, -0.2) is 43.8 Å². The van der Waals surface area contributed by atoms with Gasteiger partial charge in [0.2, 0.25) is 11.8 Å². The summed E-state index contributed by atoms with van der Waals surface area (Å²) < 4.78 is 28.7. The van der Waals surface area contributed by atoms with Crippen LogP contribution in [0.25, 0.3) is 0 Å². The third-order valence-electron chi connectivity index (χ3n) is 7.52. The van der Waals surface area contributed by atoms with E-state index >= 15 is 0 Å². The molecule has 41 heavy (non-hydrogen) atoms. The molecule has 1 aliphatic carbocycles. The van der Waals surface area contributed by atoms with Gasteiger partial charge in [0.05, 0.1) is 20.6 Å². The van der Waals surface area contributed by atoms with Gasteiger partial charge >= 0.3 is 0 Å². The van der Waals surface area contributed by atoms with E-state index in [1.165, 1.54) is 35.2 Å². The summed E-state index contributed by atoms with van der Waals surface area (Å²) in [5.74, 6) is -0.782. The van der Waals surface area contributed by atoms with Crippen LogP contribution >= 0.6 is 23.2 Å². The molecule has 4 rings (SSSR count). The summed E-state index contributed by atoms with van der Waals surface area (Å²) in [6.45, 7) is 3.23. The second kappa shape index (κ2) is 13.7. The van der Waals surface area contributed by atoms with Crippen molar-refractivity contribution < 1.29 is 18.0 Å². The van der Waals surface area contributed by atoms with Gasteiger partial charge in [0.1, 0.15) is 12.6 Å². The summed E-state index contributed by atoms with van der Waals surface area (Å²) >= 11 is 12.4. The topological polar surface area (TPSA) is 86.8 Å². The maximum Gasteiger partial charge on any atom is 0.264 e. The minimum atomic E-state index is -4.18. The maximum atomic E-state index is 14.1. The maximum absolute atomic E-state index is 14.1. The lowest BCUT2D eigenvalue weighted by Gasteiger charge is -2.33. The largest absolute Gasteiger partial charge is 0.352 e. The highest BCUT2D eigenvalue weighted by Crippen LogP contribution is 2.31. The standard InChI is InChI=1S/C31H35Cl2N3O4S/c1-22-11-9-10-12-24(22)20-35(23(2)31(38)34-25-13-5-3-6-14-25)30(37)21-36(26-17-18-28(32)29(33)19-26)41(39,40)27-15-7-4-8-16-27/h4,7-12,15-19,23,25H,3,5-6,13-14,20-21H2,1-2H3,(H,34,38)/t23-/m1/s1. The highest BCUT2D eigenvalue weighted by Gasteiger charge is 2.33. The van der Waals surface area contributed by atoms with Crippen LogP contribution in [0.5, 0.6) is 0 Å². The summed E-state index contributed by atoms with van der Waals surface area (Å²) in [7, 11) is -4.18. The van der Waals surface area contributed by atoms with E-state index < -0.39 is 28.5 Å². The molecule has 0 heterocycles. The Balaban J connectivity index is 1.69. The Morgan fingerprint density at radius 2 is 1.59 bits per heavy atom. The third kappa shape index (κ3) is 7.61. The molecule has 0 aromatic heterocycles. The molecule has 2 amide bonds. The molecule has 0 saturated heterocycles. The highest BCUT2D eigenvalue weighted by molar-refractivity contribution is 7.92. The highest BCUT2D eigenvalue weighted by atomic mass is 35.5. The molecule has 0 radical (unpaired) electrons. The Bertz CT molecular complexity index is 1480. The number of rotatable bonds is 10. The van der Waals surface area contributed by atoms with Crippen molar-refractivity contribution in [3.63, 3.8) is 0 Å². The summed E-state index contributed by atoms with van der Waals surface area (Å²) in [6.07, 6.45) is 5.08. The Labute approximate surface area is 252 Å². The number of benzene rings is 3. The van der Waals surface area contributed by atoms with Gasteiger partial charge in [0.15, 0.2) is 0 Å². The number of carbonyl (C=O) groups excluding carboxylic acids is 2. The minimum absolute atomic E-state index is 0.0208. The number of carbonyl (C=O) groups is 2. The average Bonchev–Trinajstić information content (AvgIpc) is 2.97. The van der Waals surface area contributed by atoms with Crippen LogP contribution in [0.3, 0.4) is 0 Å². The lowest BCUT2D eigenvalue weighted by atomic mass is 9.95. The molecule has 1 N–H and O–H groups in total. The summed E-state index contributed by atoms with van der Waals surface area (Å²) in [5.41, 5.74) is 2.01. The Kier molecular flexibility index (Phi) is 10.3. The number of aryl methyl sites for hydroxylation is 1. The molecule has 0 bridgehead atoms. The van der Waals surface area contributed by atoms with Gasteiger partial charge in [-0.25, -0.2) is 8.42 Å². The molecule has 7 nitrogen and oxygen atoms in total. The predicted molar refractivity (Wildman–Crippen MR) is 164 cm³/mol. The van der Waals surface area contributed by atoms with Crippen LogP contribution in [0.2, 0.25) is 10.0 Å². The number of nitrogens with zero attached hydrogens (tertiary/aromatic N) is 2. The van der Waals surface area contributed by atoms with Crippen LogP contribution in [0, 0.1) is 6.92 Å². The first-order chi connectivity index (χ1) is 19.6. The van der Waals surface area contributed by atoms with Gasteiger partial charge in [0, 0.05) is 12.6 Å². The third-order valence-corrected chi connectivity index (χ3v) is 10.0. The molecule has 0 unspecified atom stereocenters. The van der Waals surface area contributed by atoms with Crippen molar-refractivity contribution in [2.45, 2.75) is 69.5 Å². The monoisotopic (exact) mass is 615 g/mol. The van der Waals surface area contributed by atoms with Gasteiger partial charge < -0.3 is 10.2 Å². The molecule has 10 heteroatoms. The summed E-state index contributed by atoms with van der Waals surface area (Å²) in [5, 5.41) is 3.52. The number of nitrogens with one attached hydrogen (secondary N) is 1. The molecule has 1 aliphatic rings. The lowest BCUT2D eigenvalue weighted by Crippen LogP contribution is -2.53. The van der Waals surface area contributed by atoms with Gasteiger partial charge in [-0.1, -0.05) is 84.9 Å². The van der Waals surface area contributed by atoms with Crippen molar-refractivity contribution in [2.24, 2.45) is 0 Å². The number of sulfonamides is 1. The van der Waals surface area contributed by atoms with Crippen LogP contribution < -0.4 is 9.62 Å².